The van der Waals surface area contributed by atoms with Crippen molar-refractivity contribution in [1.29, 1.82) is 0 Å². The molecule has 1 aliphatic heterocycles. The monoisotopic (exact) mass is 547 g/mol. The highest BCUT2D eigenvalue weighted by Gasteiger charge is 2.37. The summed E-state index contributed by atoms with van der Waals surface area (Å²) in [5.41, 5.74) is 14.6. The third-order valence-electron chi connectivity index (χ3n) is 8.60. The molecule has 7 rings (SSSR count). The fraction of sp³-hybridized carbons (Fsp3) is 0.128. The lowest BCUT2D eigenvalue weighted by Gasteiger charge is -2.36. The molecule has 0 saturated heterocycles. The number of rotatable bonds is 6. The maximum atomic E-state index is 7.00. The lowest BCUT2D eigenvalue weighted by molar-refractivity contribution is 0.358. The summed E-state index contributed by atoms with van der Waals surface area (Å²) >= 11 is 0. The number of hydrogen-bond donors (Lipinski definition) is 1. The molecule has 0 saturated carbocycles. The minimum Gasteiger partial charge on any atom is -0.449 e. The van der Waals surface area contributed by atoms with Crippen LogP contribution < -0.4 is 15.2 Å². The van der Waals surface area contributed by atoms with Crippen molar-refractivity contribution >= 4 is 5.57 Å². The molecular formula is C39H33NO2. The zero-order valence-corrected chi connectivity index (χ0v) is 23.7. The maximum absolute atomic E-state index is 7.00. The minimum atomic E-state index is -0.434. The minimum absolute atomic E-state index is 0.434. The zero-order chi connectivity index (χ0) is 28.5. The Hall–Kier alpha value is -4.86. The number of allylic oxidation sites excluding steroid dienone is 4. The molecule has 0 amide bonds. The van der Waals surface area contributed by atoms with Gasteiger partial charge in [-0.3, -0.25) is 0 Å². The van der Waals surface area contributed by atoms with Gasteiger partial charge in [0.05, 0.1) is 0 Å². The largest absolute Gasteiger partial charge is 0.449 e. The average Bonchev–Trinajstić information content (AvgIpc) is 3.07. The van der Waals surface area contributed by atoms with E-state index in [0.717, 1.165) is 52.3 Å². The van der Waals surface area contributed by atoms with Gasteiger partial charge in [-0.05, 0) is 65.3 Å². The van der Waals surface area contributed by atoms with Gasteiger partial charge in [0.1, 0.15) is 0 Å². The van der Waals surface area contributed by atoms with E-state index in [-0.39, 0.29) is 0 Å². The summed E-state index contributed by atoms with van der Waals surface area (Å²) in [6, 6.07) is 40.3. The van der Waals surface area contributed by atoms with Crippen molar-refractivity contribution in [2.24, 2.45) is 5.73 Å². The molecule has 2 aliphatic rings. The van der Waals surface area contributed by atoms with E-state index < -0.39 is 5.41 Å². The molecule has 0 fully saturated rings. The summed E-state index contributed by atoms with van der Waals surface area (Å²) in [7, 11) is 0. The summed E-state index contributed by atoms with van der Waals surface area (Å²) in [4.78, 5) is 0. The Labute approximate surface area is 247 Å². The molecule has 2 N–H and O–H groups in total. The summed E-state index contributed by atoms with van der Waals surface area (Å²) in [5.74, 6) is 2.95. The van der Waals surface area contributed by atoms with Crippen LogP contribution >= 0.6 is 0 Å². The van der Waals surface area contributed by atoms with E-state index in [1.165, 1.54) is 22.3 Å². The lowest BCUT2D eigenvalue weighted by atomic mass is 9.68. The first-order chi connectivity index (χ1) is 20.7. The van der Waals surface area contributed by atoms with E-state index in [4.69, 9.17) is 15.2 Å². The molecule has 0 atom stereocenters. The molecule has 206 valence electrons. The Morgan fingerprint density at radius 3 is 2.02 bits per heavy atom. The van der Waals surface area contributed by atoms with E-state index in [1.807, 2.05) is 12.1 Å². The second-order valence-electron chi connectivity index (χ2n) is 11.1. The van der Waals surface area contributed by atoms with Crippen LogP contribution in [0, 0.1) is 0 Å². The van der Waals surface area contributed by atoms with Crippen LogP contribution in [0.25, 0.3) is 16.7 Å². The first-order valence-corrected chi connectivity index (χ1v) is 14.6. The van der Waals surface area contributed by atoms with E-state index in [9.17, 15) is 0 Å². The average molecular weight is 548 g/mol. The molecule has 0 bridgehead atoms. The molecule has 0 aromatic heterocycles. The smallest absolute Gasteiger partial charge is 0.177 e. The highest BCUT2D eigenvalue weighted by atomic mass is 16.6. The third-order valence-corrected chi connectivity index (χ3v) is 8.60. The van der Waals surface area contributed by atoms with Crippen LogP contribution in [-0.2, 0) is 12.0 Å². The molecule has 5 aromatic rings. The number of ether oxygens (including phenoxy) is 2. The predicted octanol–water partition coefficient (Wildman–Crippen LogP) is 9.80. The number of para-hydroxylation sites is 1. The highest BCUT2D eigenvalue weighted by Crippen LogP contribution is 2.55. The quantitative estimate of drug-likeness (QED) is 0.211. The lowest BCUT2D eigenvalue weighted by Crippen LogP contribution is -2.27. The van der Waals surface area contributed by atoms with Gasteiger partial charge in [-0.1, -0.05) is 121 Å². The van der Waals surface area contributed by atoms with Gasteiger partial charge in [-0.15, -0.1) is 0 Å². The van der Waals surface area contributed by atoms with Gasteiger partial charge < -0.3 is 15.2 Å². The summed E-state index contributed by atoms with van der Waals surface area (Å²) < 4.78 is 13.6. The van der Waals surface area contributed by atoms with Gasteiger partial charge >= 0.3 is 0 Å². The van der Waals surface area contributed by atoms with E-state index in [0.29, 0.717) is 12.3 Å². The van der Waals surface area contributed by atoms with Crippen LogP contribution in [0.5, 0.6) is 23.0 Å². The number of fused-ring (bicyclic) bond motifs is 2. The van der Waals surface area contributed by atoms with Gasteiger partial charge in [0.15, 0.2) is 23.0 Å². The van der Waals surface area contributed by atoms with Gasteiger partial charge in [0, 0.05) is 23.1 Å². The predicted molar refractivity (Wildman–Crippen MR) is 171 cm³/mol. The second-order valence-corrected chi connectivity index (χ2v) is 11.1. The van der Waals surface area contributed by atoms with Gasteiger partial charge in [-0.25, -0.2) is 0 Å². The van der Waals surface area contributed by atoms with Crippen molar-refractivity contribution in [1.82, 2.24) is 0 Å². The fourth-order valence-corrected chi connectivity index (χ4v) is 6.28. The van der Waals surface area contributed by atoms with Gasteiger partial charge in [0.25, 0.3) is 0 Å². The molecule has 0 radical (unpaired) electrons. The Bertz CT molecular complexity index is 1760. The molecule has 1 heterocycles. The van der Waals surface area contributed by atoms with E-state index in [2.05, 4.69) is 128 Å². The first kappa shape index (κ1) is 26.1. The Morgan fingerprint density at radius 1 is 0.690 bits per heavy atom. The van der Waals surface area contributed by atoms with Crippen molar-refractivity contribution in [2.45, 2.75) is 31.7 Å². The third kappa shape index (κ3) is 4.43. The molecule has 5 aromatic carbocycles. The van der Waals surface area contributed by atoms with E-state index in [1.54, 1.807) is 0 Å². The Kier molecular flexibility index (Phi) is 6.73. The van der Waals surface area contributed by atoms with Crippen LogP contribution in [0.4, 0.5) is 0 Å². The van der Waals surface area contributed by atoms with Crippen molar-refractivity contribution in [3.63, 3.8) is 0 Å². The molecule has 42 heavy (non-hydrogen) atoms. The van der Waals surface area contributed by atoms with Crippen molar-refractivity contribution in [3.05, 3.63) is 161 Å². The molecule has 3 nitrogen and oxygen atoms in total. The Balaban J connectivity index is 1.46. The van der Waals surface area contributed by atoms with Crippen molar-refractivity contribution in [2.75, 3.05) is 0 Å². The summed E-state index contributed by atoms with van der Waals surface area (Å²) in [5, 5.41) is 0. The Morgan fingerprint density at radius 2 is 1.38 bits per heavy atom. The maximum Gasteiger partial charge on any atom is 0.177 e. The number of nitrogens with two attached hydrogens (primary N) is 1. The fourth-order valence-electron chi connectivity index (χ4n) is 6.28. The standard InChI is InChI=1S/C39H33NO2/c1-39(30-14-7-3-8-15-30,31-16-9-4-10-17-31)33-24-25-35-38(36(33)29-12-5-2-6-13-29)42-37-32(18-11-19-34(37)41-35)28-22-20-27(26-40)21-23-28/h2-5,7-12,14-25H,6,13,26,40H2,1H3. The van der Waals surface area contributed by atoms with Crippen molar-refractivity contribution in [3.8, 4) is 34.1 Å². The molecule has 0 spiro atoms. The van der Waals surface area contributed by atoms with Crippen LogP contribution in [0.1, 0.15) is 47.6 Å². The van der Waals surface area contributed by atoms with Gasteiger partial charge in [-0.2, -0.15) is 0 Å². The number of benzene rings is 5. The molecule has 3 heteroatoms. The summed E-state index contributed by atoms with van der Waals surface area (Å²) in [6.45, 7) is 2.83. The molecule has 0 unspecified atom stereocenters. The summed E-state index contributed by atoms with van der Waals surface area (Å²) in [6.07, 6.45) is 8.53. The second kappa shape index (κ2) is 10.8. The SMILES string of the molecule is CC(c1ccccc1)(c1ccccc1)c1ccc2c(c1C1=CC=CCC1)Oc1c(cccc1-c1ccc(CN)cc1)O2. The van der Waals surface area contributed by atoms with E-state index >= 15 is 0 Å². The highest BCUT2D eigenvalue weighted by molar-refractivity contribution is 5.83. The van der Waals surface area contributed by atoms with Crippen LogP contribution in [0.2, 0.25) is 0 Å². The van der Waals surface area contributed by atoms with Crippen LogP contribution in [0.15, 0.2) is 133 Å². The normalized spacial score (nSPS) is 13.8. The first-order valence-electron chi connectivity index (χ1n) is 14.6. The molecule has 1 aliphatic carbocycles. The topological polar surface area (TPSA) is 44.5 Å². The zero-order valence-electron chi connectivity index (χ0n) is 23.7. The number of hydrogen-bond acceptors (Lipinski definition) is 3. The van der Waals surface area contributed by atoms with Crippen LogP contribution in [-0.4, -0.2) is 0 Å². The van der Waals surface area contributed by atoms with Gasteiger partial charge in [0.2, 0.25) is 0 Å². The van der Waals surface area contributed by atoms with Crippen LogP contribution in [0.3, 0.4) is 0 Å². The van der Waals surface area contributed by atoms with Crippen molar-refractivity contribution < 1.29 is 9.47 Å². The molecular weight excluding hydrogens is 514 g/mol.